The van der Waals surface area contributed by atoms with Crippen LogP contribution < -0.4 is 9.64 Å². The summed E-state index contributed by atoms with van der Waals surface area (Å²) in [6.45, 7) is 0. The van der Waals surface area contributed by atoms with Crippen molar-refractivity contribution in [2.75, 3.05) is 4.90 Å². The zero-order chi connectivity index (χ0) is 20.5. The van der Waals surface area contributed by atoms with Crippen LogP contribution in [0, 0.1) is 11.8 Å². The van der Waals surface area contributed by atoms with E-state index >= 15 is 0 Å². The van der Waals surface area contributed by atoms with Gasteiger partial charge in [0.25, 0.3) is 0 Å². The second kappa shape index (κ2) is 7.64. The minimum atomic E-state index is -0.226. The Morgan fingerprint density at radius 2 is 1.30 bits per heavy atom. The zero-order valence-corrected chi connectivity index (χ0v) is 16.4. The molecule has 0 unspecified atom stereocenters. The van der Waals surface area contributed by atoms with Gasteiger partial charge in [0.2, 0.25) is 11.8 Å². The lowest BCUT2D eigenvalue weighted by Gasteiger charge is -2.16. The van der Waals surface area contributed by atoms with Crippen LogP contribution in [0.1, 0.15) is 12.8 Å². The number of allylic oxidation sites excluding steroid dienone is 2. The van der Waals surface area contributed by atoms with Gasteiger partial charge in [0.05, 0.1) is 17.5 Å². The second-order valence-electron chi connectivity index (χ2n) is 7.63. The molecule has 5 rings (SSSR count). The summed E-state index contributed by atoms with van der Waals surface area (Å²) in [4.78, 5) is 26.9. The number of amides is 2. The Morgan fingerprint density at radius 1 is 0.700 bits per heavy atom. The highest BCUT2D eigenvalue weighted by Crippen LogP contribution is 2.39. The summed E-state index contributed by atoms with van der Waals surface area (Å²) in [6, 6.07) is 25.1. The topological polar surface area (TPSA) is 46.6 Å². The molecule has 0 spiro atoms. The van der Waals surface area contributed by atoms with Crippen molar-refractivity contribution >= 4 is 17.5 Å². The first-order valence-electron chi connectivity index (χ1n) is 10.2. The lowest BCUT2D eigenvalue weighted by atomic mass is 9.85. The standard InChI is InChI=1S/C26H21NO3/c28-25-22-11-4-5-12-23(22)26(29)27(25)19-14-16-20(17-15-19)30-24-13-7-6-10-21(24)18-8-2-1-3-9-18/h1-10,13-17,22-23H,11-12H2/t22-,23-/m1/s1. The third-order valence-electron chi connectivity index (χ3n) is 5.80. The minimum absolute atomic E-state index is 0.0996. The molecule has 4 nitrogen and oxygen atoms in total. The van der Waals surface area contributed by atoms with E-state index in [2.05, 4.69) is 0 Å². The monoisotopic (exact) mass is 395 g/mol. The van der Waals surface area contributed by atoms with Crippen LogP contribution in [0.2, 0.25) is 0 Å². The summed E-state index contributed by atoms with van der Waals surface area (Å²) in [5.41, 5.74) is 2.68. The number of benzene rings is 3. The quantitative estimate of drug-likeness (QED) is 0.427. The van der Waals surface area contributed by atoms with E-state index in [9.17, 15) is 9.59 Å². The fourth-order valence-electron chi connectivity index (χ4n) is 4.26. The Hall–Kier alpha value is -3.66. The van der Waals surface area contributed by atoms with Crippen LogP contribution in [0.25, 0.3) is 11.1 Å². The molecule has 148 valence electrons. The van der Waals surface area contributed by atoms with Gasteiger partial charge in [0, 0.05) is 5.56 Å². The molecule has 1 aliphatic heterocycles. The summed E-state index contributed by atoms with van der Waals surface area (Å²) in [7, 11) is 0. The van der Waals surface area contributed by atoms with Gasteiger partial charge in [-0.2, -0.15) is 0 Å². The first-order valence-corrected chi connectivity index (χ1v) is 10.2. The molecule has 0 saturated carbocycles. The smallest absolute Gasteiger partial charge is 0.238 e. The molecule has 0 N–H and O–H groups in total. The van der Waals surface area contributed by atoms with Crippen LogP contribution in [0.4, 0.5) is 5.69 Å². The number of carbonyl (C=O) groups excluding carboxylic acids is 2. The average Bonchev–Trinajstić information content (AvgIpc) is 3.06. The van der Waals surface area contributed by atoms with Crippen LogP contribution in [0.3, 0.4) is 0 Å². The second-order valence-corrected chi connectivity index (χ2v) is 7.63. The maximum absolute atomic E-state index is 12.8. The molecular formula is C26H21NO3. The number of imide groups is 1. The molecule has 1 saturated heterocycles. The number of para-hydroxylation sites is 1. The highest BCUT2D eigenvalue weighted by Gasteiger charge is 2.47. The third-order valence-corrected chi connectivity index (χ3v) is 5.80. The van der Waals surface area contributed by atoms with Crippen molar-refractivity contribution in [3.05, 3.63) is 91.0 Å². The van der Waals surface area contributed by atoms with Gasteiger partial charge >= 0.3 is 0 Å². The van der Waals surface area contributed by atoms with Crippen molar-refractivity contribution in [3.8, 4) is 22.6 Å². The van der Waals surface area contributed by atoms with E-state index in [0.29, 0.717) is 24.3 Å². The normalized spacial score (nSPS) is 20.3. The van der Waals surface area contributed by atoms with E-state index in [1.165, 1.54) is 4.90 Å². The van der Waals surface area contributed by atoms with Gasteiger partial charge in [-0.05, 0) is 48.7 Å². The molecule has 4 heteroatoms. The molecule has 0 bridgehead atoms. The summed E-state index contributed by atoms with van der Waals surface area (Å²) >= 11 is 0. The molecule has 2 amide bonds. The van der Waals surface area contributed by atoms with Crippen molar-refractivity contribution in [1.82, 2.24) is 0 Å². The van der Waals surface area contributed by atoms with Crippen molar-refractivity contribution in [2.24, 2.45) is 11.8 Å². The van der Waals surface area contributed by atoms with E-state index < -0.39 is 0 Å². The zero-order valence-electron chi connectivity index (χ0n) is 16.4. The number of hydrogen-bond donors (Lipinski definition) is 0. The minimum Gasteiger partial charge on any atom is -0.457 e. The van der Waals surface area contributed by atoms with E-state index in [0.717, 1.165) is 16.9 Å². The molecule has 3 aromatic carbocycles. The Bertz CT molecular complexity index is 1090. The molecule has 2 aliphatic rings. The molecule has 1 heterocycles. The molecule has 0 aromatic heterocycles. The Balaban J connectivity index is 1.38. The van der Waals surface area contributed by atoms with E-state index in [-0.39, 0.29) is 23.7 Å². The Kier molecular flexibility index (Phi) is 4.68. The number of rotatable bonds is 4. The van der Waals surface area contributed by atoms with Crippen LogP contribution >= 0.6 is 0 Å². The first kappa shape index (κ1) is 18.4. The maximum atomic E-state index is 12.8. The SMILES string of the molecule is O=C1[C@@H]2CC=CC[C@H]2C(=O)N1c1ccc(Oc2ccccc2-c2ccccc2)cc1. The van der Waals surface area contributed by atoms with Crippen LogP contribution in [-0.2, 0) is 9.59 Å². The van der Waals surface area contributed by atoms with Crippen LogP contribution in [0.15, 0.2) is 91.0 Å². The van der Waals surface area contributed by atoms with Gasteiger partial charge in [-0.3, -0.25) is 14.5 Å². The van der Waals surface area contributed by atoms with Crippen molar-refractivity contribution in [2.45, 2.75) is 12.8 Å². The number of fused-ring (bicyclic) bond motifs is 1. The van der Waals surface area contributed by atoms with Gasteiger partial charge < -0.3 is 4.74 Å². The molecule has 2 atom stereocenters. The molecule has 0 radical (unpaired) electrons. The van der Waals surface area contributed by atoms with Crippen molar-refractivity contribution in [1.29, 1.82) is 0 Å². The van der Waals surface area contributed by atoms with E-state index in [1.807, 2.05) is 66.7 Å². The molecular weight excluding hydrogens is 374 g/mol. The van der Waals surface area contributed by atoms with E-state index in [4.69, 9.17) is 4.74 Å². The maximum Gasteiger partial charge on any atom is 0.238 e. The average molecular weight is 395 g/mol. The fraction of sp³-hybridized carbons (Fsp3) is 0.154. The number of hydrogen-bond acceptors (Lipinski definition) is 3. The molecule has 30 heavy (non-hydrogen) atoms. The van der Waals surface area contributed by atoms with Crippen molar-refractivity contribution in [3.63, 3.8) is 0 Å². The summed E-state index contributed by atoms with van der Waals surface area (Å²) in [5, 5.41) is 0. The lowest BCUT2D eigenvalue weighted by molar-refractivity contribution is -0.122. The number of anilines is 1. The number of carbonyl (C=O) groups is 2. The number of nitrogens with zero attached hydrogens (tertiary/aromatic N) is 1. The predicted octanol–water partition coefficient (Wildman–Crippen LogP) is 5.60. The highest BCUT2D eigenvalue weighted by atomic mass is 16.5. The van der Waals surface area contributed by atoms with Gasteiger partial charge in [0.15, 0.2) is 0 Å². The summed E-state index contributed by atoms with van der Waals surface area (Å²) in [5.74, 6) is 0.754. The van der Waals surface area contributed by atoms with Crippen molar-refractivity contribution < 1.29 is 14.3 Å². The van der Waals surface area contributed by atoms with Gasteiger partial charge in [0.1, 0.15) is 11.5 Å². The van der Waals surface area contributed by atoms with E-state index in [1.54, 1.807) is 24.3 Å². The van der Waals surface area contributed by atoms with Gasteiger partial charge in [-0.15, -0.1) is 0 Å². The summed E-state index contributed by atoms with van der Waals surface area (Å²) < 4.78 is 6.13. The van der Waals surface area contributed by atoms with Crippen LogP contribution in [0.5, 0.6) is 11.5 Å². The Morgan fingerprint density at radius 3 is 1.97 bits per heavy atom. The molecule has 1 aliphatic carbocycles. The fourth-order valence-corrected chi connectivity index (χ4v) is 4.26. The third kappa shape index (κ3) is 3.20. The van der Waals surface area contributed by atoms with Gasteiger partial charge in [-0.25, -0.2) is 0 Å². The lowest BCUT2D eigenvalue weighted by Crippen LogP contribution is -2.30. The first-order chi connectivity index (χ1) is 14.7. The molecule has 1 fully saturated rings. The number of ether oxygens (including phenoxy) is 1. The van der Waals surface area contributed by atoms with Gasteiger partial charge in [-0.1, -0.05) is 60.7 Å². The largest absolute Gasteiger partial charge is 0.457 e. The molecule has 3 aromatic rings. The Labute approximate surface area is 175 Å². The van der Waals surface area contributed by atoms with Crippen LogP contribution in [-0.4, -0.2) is 11.8 Å². The predicted molar refractivity (Wildman–Crippen MR) is 116 cm³/mol. The summed E-state index contributed by atoms with van der Waals surface area (Å²) in [6.07, 6.45) is 5.28. The highest BCUT2D eigenvalue weighted by molar-refractivity contribution is 6.22.